The summed E-state index contributed by atoms with van der Waals surface area (Å²) in [6.45, 7) is 6.39. The zero-order valence-electron chi connectivity index (χ0n) is 9.84. The van der Waals surface area contributed by atoms with E-state index in [0.29, 0.717) is 6.42 Å². The molecule has 90 valence electrons. The maximum Gasteiger partial charge on any atom is 0.220 e. The van der Waals surface area contributed by atoms with Crippen molar-refractivity contribution < 1.29 is 4.79 Å². The smallest absolute Gasteiger partial charge is 0.220 e. The molecule has 0 aliphatic rings. The SMILES string of the molecule is C=C/C=C\C(=C/C)CCC(=O)NCCCI. The van der Waals surface area contributed by atoms with Crippen LogP contribution in [0, 0.1) is 0 Å². The van der Waals surface area contributed by atoms with Crippen molar-refractivity contribution >= 4 is 28.5 Å². The minimum atomic E-state index is 0.135. The molecular weight excluding hydrogens is 313 g/mol. The summed E-state index contributed by atoms with van der Waals surface area (Å²) in [6, 6.07) is 0. The number of alkyl halides is 1. The van der Waals surface area contributed by atoms with Crippen molar-refractivity contribution in [3.8, 4) is 0 Å². The maximum absolute atomic E-state index is 11.4. The van der Waals surface area contributed by atoms with E-state index < -0.39 is 0 Å². The molecule has 0 radical (unpaired) electrons. The van der Waals surface area contributed by atoms with Crippen LogP contribution in [0.5, 0.6) is 0 Å². The number of amides is 1. The quantitative estimate of drug-likeness (QED) is 0.314. The van der Waals surface area contributed by atoms with E-state index in [4.69, 9.17) is 0 Å². The van der Waals surface area contributed by atoms with Crippen molar-refractivity contribution in [2.45, 2.75) is 26.2 Å². The molecule has 0 aromatic rings. The van der Waals surface area contributed by atoms with Crippen LogP contribution in [-0.4, -0.2) is 16.9 Å². The van der Waals surface area contributed by atoms with E-state index in [9.17, 15) is 4.79 Å². The Morgan fingerprint density at radius 3 is 2.75 bits per heavy atom. The third-order valence-corrected chi connectivity index (χ3v) is 2.85. The van der Waals surface area contributed by atoms with E-state index in [-0.39, 0.29) is 5.91 Å². The Bertz CT molecular complexity index is 269. The van der Waals surface area contributed by atoms with Crippen LogP contribution in [0.2, 0.25) is 0 Å². The van der Waals surface area contributed by atoms with Gasteiger partial charge in [0.25, 0.3) is 0 Å². The van der Waals surface area contributed by atoms with Crippen molar-refractivity contribution in [2.24, 2.45) is 0 Å². The van der Waals surface area contributed by atoms with Gasteiger partial charge in [-0.1, -0.05) is 59.0 Å². The van der Waals surface area contributed by atoms with Gasteiger partial charge < -0.3 is 5.32 Å². The van der Waals surface area contributed by atoms with Crippen molar-refractivity contribution in [3.63, 3.8) is 0 Å². The first-order chi connectivity index (χ1) is 7.74. The topological polar surface area (TPSA) is 29.1 Å². The number of carbonyl (C=O) groups excluding carboxylic acids is 1. The van der Waals surface area contributed by atoms with Crippen molar-refractivity contribution in [1.29, 1.82) is 0 Å². The summed E-state index contributed by atoms with van der Waals surface area (Å²) >= 11 is 2.31. The fourth-order valence-electron chi connectivity index (χ4n) is 1.16. The molecule has 0 rings (SSSR count). The average molecular weight is 333 g/mol. The minimum Gasteiger partial charge on any atom is -0.356 e. The van der Waals surface area contributed by atoms with Crippen LogP contribution in [0.3, 0.4) is 0 Å². The van der Waals surface area contributed by atoms with E-state index in [2.05, 4.69) is 34.5 Å². The summed E-state index contributed by atoms with van der Waals surface area (Å²) in [4.78, 5) is 11.4. The Morgan fingerprint density at radius 1 is 1.44 bits per heavy atom. The summed E-state index contributed by atoms with van der Waals surface area (Å²) in [7, 11) is 0. The van der Waals surface area contributed by atoms with Crippen LogP contribution in [0.15, 0.2) is 36.5 Å². The normalized spacial score (nSPS) is 11.8. The van der Waals surface area contributed by atoms with Gasteiger partial charge in [0.1, 0.15) is 0 Å². The molecule has 0 aromatic heterocycles. The zero-order valence-corrected chi connectivity index (χ0v) is 12.0. The van der Waals surface area contributed by atoms with Crippen molar-refractivity contribution in [2.75, 3.05) is 11.0 Å². The summed E-state index contributed by atoms with van der Waals surface area (Å²) < 4.78 is 1.08. The number of rotatable bonds is 8. The molecule has 0 unspecified atom stereocenters. The van der Waals surface area contributed by atoms with Gasteiger partial charge in [0.2, 0.25) is 5.91 Å². The van der Waals surface area contributed by atoms with Crippen LogP contribution in [0.1, 0.15) is 26.2 Å². The molecule has 0 saturated carbocycles. The second kappa shape index (κ2) is 10.9. The lowest BCUT2D eigenvalue weighted by Crippen LogP contribution is -2.24. The molecule has 0 fully saturated rings. The second-order valence-corrected chi connectivity index (χ2v) is 4.43. The number of carbonyl (C=O) groups is 1. The van der Waals surface area contributed by atoms with Gasteiger partial charge in [0.05, 0.1) is 0 Å². The highest BCUT2D eigenvalue weighted by Crippen LogP contribution is 2.06. The molecule has 0 atom stereocenters. The first kappa shape index (κ1) is 15.4. The second-order valence-electron chi connectivity index (χ2n) is 3.35. The van der Waals surface area contributed by atoms with Crippen LogP contribution >= 0.6 is 22.6 Å². The molecule has 2 nitrogen and oxygen atoms in total. The van der Waals surface area contributed by atoms with Gasteiger partial charge in [0.15, 0.2) is 0 Å². The molecule has 0 heterocycles. The maximum atomic E-state index is 11.4. The lowest BCUT2D eigenvalue weighted by Gasteiger charge is -2.04. The molecule has 3 heteroatoms. The number of halogens is 1. The summed E-state index contributed by atoms with van der Waals surface area (Å²) in [5.41, 5.74) is 1.17. The van der Waals surface area contributed by atoms with E-state index >= 15 is 0 Å². The molecular formula is C13H20INO. The molecule has 1 N–H and O–H groups in total. The lowest BCUT2D eigenvalue weighted by atomic mass is 10.1. The largest absolute Gasteiger partial charge is 0.356 e. The van der Waals surface area contributed by atoms with Gasteiger partial charge in [-0.25, -0.2) is 0 Å². The Morgan fingerprint density at radius 2 is 2.19 bits per heavy atom. The number of allylic oxidation sites excluding steroid dienone is 5. The van der Waals surface area contributed by atoms with Crippen LogP contribution in [0.25, 0.3) is 0 Å². The van der Waals surface area contributed by atoms with Gasteiger partial charge in [-0.15, -0.1) is 0 Å². The van der Waals surface area contributed by atoms with Crippen molar-refractivity contribution in [1.82, 2.24) is 5.32 Å². The first-order valence-corrected chi connectivity index (χ1v) is 7.04. The van der Waals surface area contributed by atoms with Gasteiger partial charge in [-0.2, -0.15) is 0 Å². The van der Waals surface area contributed by atoms with Crippen molar-refractivity contribution in [3.05, 3.63) is 36.5 Å². The molecule has 0 aromatic carbocycles. The highest BCUT2D eigenvalue weighted by Gasteiger charge is 2.00. The molecule has 0 aliphatic heterocycles. The fourth-order valence-corrected chi connectivity index (χ4v) is 1.54. The Hall–Kier alpha value is -0.580. The summed E-state index contributed by atoms with van der Waals surface area (Å²) in [6.07, 6.45) is 10.0. The van der Waals surface area contributed by atoms with E-state index in [0.717, 1.165) is 23.8 Å². The standard InChI is InChI=1S/C13H20INO/c1-3-5-7-12(4-2)8-9-13(16)15-11-6-10-14/h3-5,7H,1,6,8-11H2,2H3,(H,15,16)/b7-5-,12-4+. The molecule has 0 aliphatic carbocycles. The molecule has 0 bridgehead atoms. The lowest BCUT2D eigenvalue weighted by molar-refractivity contribution is -0.121. The average Bonchev–Trinajstić information content (AvgIpc) is 2.30. The van der Waals surface area contributed by atoms with Crippen LogP contribution < -0.4 is 5.32 Å². The van der Waals surface area contributed by atoms with E-state index in [1.54, 1.807) is 6.08 Å². The molecule has 0 saturated heterocycles. The first-order valence-electron chi connectivity index (χ1n) is 5.51. The fraction of sp³-hybridized carbons (Fsp3) is 0.462. The van der Waals surface area contributed by atoms with Crippen LogP contribution in [-0.2, 0) is 4.79 Å². The van der Waals surface area contributed by atoms with Gasteiger partial charge in [-0.05, 0) is 19.8 Å². The van der Waals surface area contributed by atoms with Gasteiger partial charge >= 0.3 is 0 Å². The third-order valence-electron chi connectivity index (χ3n) is 2.09. The predicted molar refractivity (Wildman–Crippen MR) is 78.8 cm³/mol. The number of nitrogens with one attached hydrogen (secondary N) is 1. The third kappa shape index (κ3) is 8.71. The zero-order chi connectivity index (χ0) is 12.2. The number of hydrogen-bond acceptors (Lipinski definition) is 1. The van der Waals surface area contributed by atoms with Crippen LogP contribution in [0.4, 0.5) is 0 Å². The predicted octanol–water partition coefficient (Wildman–Crippen LogP) is 3.40. The summed E-state index contributed by atoms with van der Waals surface area (Å²) in [5, 5.41) is 2.90. The van der Waals surface area contributed by atoms with Gasteiger partial charge in [-0.3, -0.25) is 4.79 Å². The monoisotopic (exact) mass is 333 g/mol. The molecule has 16 heavy (non-hydrogen) atoms. The molecule has 0 spiro atoms. The Labute approximate surface area is 112 Å². The Balaban J connectivity index is 3.80. The highest BCUT2D eigenvalue weighted by atomic mass is 127. The van der Waals surface area contributed by atoms with E-state index in [1.165, 1.54) is 5.57 Å². The minimum absolute atomic E-state index is 0.135. The van der Waals surface area contributed by atoms with Gasteiger partial charge in [0, 0.05) is 17.4 Å². The molecule has 1 amide bonds. The highest BCUT2D eigenvalue weighted by molar-refractivity contribution is 14.1. The van der Waals surface area contributed by atoms with E-state index in [1.807, 2.05) is 25.2 Å². The number of hydrogen-bond donors (Lipinski definition) is 1. The Kier molecular flexibility index (Phi) is 10.5. The summed E-state index contributed by atoms with van der Waals surface area (Å²) in [5.74, 6) is 0.135.